The van der Waals surface area contributed by atoms with Gasteiger partial charge in [-0.25, -0.2) is 0 Å². The highest BCUT2D eigenvalue weighted by Crippen LogP contribution is 2.19. The Morgan fingerprint density at radius 3 is 1.67 bits per heavy atom. The number of aliphatic hydroxyl groups is 2. The van der Waals surface area contributed by atoms with Crippen molar-refractivity contribution >= 4 is 11.6 Å². The average molecular weight is 399 g/mol. The summed E-state index contributed by atoms with van der Waals surface area (Å²) in [7, 11) is 0. The summed E-state index contributed by atoms with van der Waals surface area (Å²) in [6.45, 7) is 5.83. The second-order valence-corrected chi connectivity index (χ2v) is 8.36. The SMILES string of the molecule is CCCCCCCCCCCC[N+](CCO)(CCO)Cc1ccc(Cl)cc1. The first-order chi connectivity index (χ1) is 13.2. The predicted octanol–water partition coefficient (Wildman–Crippen LogP) is 5.56. The maximum atomic E-state index is 9.59. The monoisotopic (exact) mass is 398 g/mol. The van der Waals surface area contributed by atoms with Crippen molar-refractivity contribution in [3.63, 3.8) is 0 Å². The number of nitrogens with zero attached hydrogens (tertiary/aromatic N) is 1. The number of quaternary nitrogens is 1. The van der Waals surface area contributed by atoms with Crippen LogP contribution in [0.5, 0.6) is 0 Å². The van der Waals surface area contributed by atoms with Gasteiger partial charge < -0.3 is 14.7 Å². The normalized spacial score (nSPS) is 11.9. The Labute approximate surface area is 171 Å². The number of unbranched alkanes of at least 4 members (excludes halogenated alkanes) is 9. The van der Waals surface area contributed by atoms with E-state index < -0.39 is 0 Å². The number of hydrogen-bond acceptors (Lipinski definition) is 2. The van der Waals surface area contributed by atoms with Crippen LogP contribution in [0.2, 0.25) is 5.02 Å². The van der Waals surface area contributed by atoms with Crippen molar-refractivity contribution in [1.82, 2.24) is 0 Å². The van der Waals surface area contributed by atoms with Gasteiger partial charge >= 0.3 is 0 Å². The number of aliphatic hydroxyl groups excluding tert-OH is 2. The molecular formula is C23H41ClNO2+. The molecule has 4 heteroatoms. The third-order valence-corrected chi connectivity index (χ3v) is 5.82. The van der Waals surface area contributed by atoms with Gasteiger partial charge in [0.15, 0.2) is 0 Å². The lowest BCUT2D eigenvalue weighted by atomic mass is 10.1. The second kappa shape index (κ2) is 15.3. The van der Waals surface area contributed by atoms with Crippen LogP contribution in [0, 0.1) is 0 Å². The molecule has 0 bridgehead atoms. The summed E-state index contributed by atoms with van der Waals surface area (Å²) in [4.78, 5) is 0. The van der Waals surface area contributed by atoms with Gasteiger partial charge in [0.2, 0.25) is 0 Å². The van der Waals surface area contributed by atoms with Crippen LogP contribution in [0.1, 0.15) is 76.7 Å². The van der Waals surface area contributed by atoms with Crippen LogP contribution in [0.25, 0.3) is 0 Å². The van der Waals surface area contributed by atoms with Crippen molar-refractivity contribution in [1.29, 1.82) is 0 Å². The first kappa shape index (κ1) is 24.4. The minimum atomic E-state index is 0.158. The third kappa shape index (κ3) is 11.1. The van der Waals surface area contributed by atoms with E-state index in [1.807, 2.05) is 12.1 Å². The summed E-state index contributed by atoms with van der Waals surface area (Å²) in [5.41, 5.74) is 1.22. The van der Waals surface area contributed by atoms with Crippen molar-refractivity contribution in [3.05, 3.63) is 34.9 Å². The van der Waals surface area contributed by atoms with E-state index >= 15 is 0 Å². The topological polar surface area (TPSA) is 40.5 Å². The standard InChI is InChI=1S/C23H41ClNO2/c1-2-3-4-5-6-7-8-9-10-11-16-25(17-19-26,18-20-27)21-22-12-14-23(24)15-13-22/h12-15,26-27H,2-11,16-21H2,1H3/q+1. The maximum Gasteiger partial charge on any atom is 0.104 e. The Hall–Kier alpha value is -0.610. The number of hydrogen-bond donors (Lipinski definition) is 2. The van der Waals surface area contributed by atoms with Crippen molar-refractivity contribution in [2.24, 2.45) is 0 Å². The van der Waals surface area contributed by atoms with Gasteiger partial charge in [-0.2, -0.15) is 0 Å². The smallest absolute Gasteiger partial charge is 0.104 e. The van der Waals surface area contributed by atoms with E-state index in [1.54, 1.807) is 0 Å². The van der Waals surface area contributed by atoms with E-state index in [0.717, 1.165) is 29.0 Å². The molecule has 0 atom stereocenters. The molecule has 0 radical (unpaired) electrons. The molecule has 0 fully saturated rings. The molecule has 0 aliphatic carbocycles. The fourth-order valence-corrected chi connectivity index (χ4v) is 4.03. The van der Waals surface area contributed by atoms with Crippen LogP contribution in [-0.2, 0) is 6.54 Å². The summed E-state index contributed by atoms with van der Waals surface area (Å²) < 4.78 is 0.756. The lowest BCUT2D eigenvalue weighted by Gasteiger charge is -2.38. The molecule has 0 spiro atoms. The first-order valence-electron chi connectivity index (χ1n) is 11.0. The Balaban J connectivity index is 2.37. The summed E-state index contributed by atoms with van der Waals surface area (Å²) in [6.07, 6.45) is 13.3. The van der Waals surface area contributed by atoms with Gasteiger partial charge in [-0.1, -0.05) is 82.0 Å². The van der Waals surface area contributed by atoms with Crippen LogP contribution in [0.4, 0.5) is 0 Å². The molecule has 1 aromatic carbocycles. The zero-order valence-corrected chi connectivity index (χ0v) is 18.1. The van der Waals surface area contributed by atoms with Crippen molar-refractivity contribution < 1.29 is 14.7 Å². The highest BCUT2D eigenvalue weighted by atomic mass is 35.5. The Morgan fingerprint density at radius 1 is 0.704 bits per heavy atom. The fourth-order valence-electron chi connectivity index (χ4n) is 3.91. The minimum Gasteiger partial charge on any atom is -0.391 e. The fraction of sp³-hybridized carbons (Fsp3) is 0.739. The Kier molecular flexibility index (Phi) is 13.9. The molecule has 27 heavy (non-hydrogen) atoms. The highest BCUT2D eigenvalue weighted by molar-refractivity contribution is 6.30. The molecule has 0 heterocycles. The molecule has 0 aliphatic heterocycles. The Morgan fingerprint density at radius 2 is 1.19 bits per heavy atom. The van der Waals surface area contributed by atoms with E-state index in [-0.39, 0.29) is 13.2 Å². The van der Waals surface area contributed by atoms with Crippen LogP contribution < -0.4 is 0 Å². The van der Waals surface area contributed by atoms with E-state index in [2.05, 4.69) is 19.1 Å². The number of rotatable bonds is 17. The summed E-state index contributed by atoms with van der Waals surface area (Å²) in [5, 5.41) is 19.9. The molecule has 2 N–H and O–H groups in total. The quantitative estimate of drug-likeness (QED) is 0.266. The molecular weight excluding hydrogens is 358 g/mol. The minimum absolute atomic E-state index is 0.158. The molecule has 0 saturated carbocycles. The highest BCUT2D eigenvalue weighted by Gasteiger charge is 2.26. The molecule has 0 amide bonds. The first-order valence-corrected chi connectivity index (χ1v) is 11.3. The van der Waals surface area contributed by atoms with Gasteiger partial charge in [-0.15, -0.1) is 0 Å². The van der Waals surface area contributed by atoms with Crippen LogP contribution in [-0.4, -0.2) is 47.5 Å². The molecule has 1 aromatic rings. The van der Waals surface area contributed by atoms with Gasteiger partial charge in [-0.05, 0) is 25.0 Å². The zero-order valence-electron chi connectivity index (χ0n) is 17.3. The van der Waals surface area contributed by atoms with Crippen molar-refractivity contribution in [2.75, 3.05) is 32.8 Å². The molecule has 156 valence electrons. The lowest BCUT2D eigenvalue weighted by Crippen LogP contribution is -2.51. The average Bonchev–Trinajstić information content (AvgIpc) is 2.66. The van der Waals surface area contributed by atoms with Crippen LogP contribution in [0.3, 0.4) is 0 Å². The summed E-state index contributed by atoms with van der Waals surface area (Å²) >= 11 is 6.00. The lowest BCUT2D eigenvalue weighted by molar-refractivity contribution is -0.941. The second-order valence-electron chi connectivity index (χ2n) is 7.93. The third-order valence-electron chi connectivity index (χ3n) is 5.57. The maximum absolute atomic E-state index is 9.59. The molecule has 0 aromatic heterocycles. The number of benzene rings is 1. The molecule has 0 unspecified atom stereocenters. The molecule has 3 nitrogen and oxygen atoms in total. The predicted molar refractivity (Wildman–Crippen MR) is 116 cm³/mol. The van der Waals surface area contributed by atoms with E-state index in [1.165, 1.54) is 63.4 Å². The van der Waals surface area contributed by atoms with E-state index in [0.29, 0.717) is 13.1 Å². The largest absolute Gasteiger partial charge is 0.391 e. The van der Waals surface area contributed by atoms with Gasteiger partial charge in [-0.3, -0.25) is 0 Å². The van der Waals surface area contributed by atoms with Gasteiger partial charge in [0.25, 0.3) is 0 Å². The molecule has 1 rings (SSSR count). The van der Waals surface area contributed by atoms with Gasteiger partial charge in [0.05, 0.1) is 19.8 Å². The Bertz CT molecular complexity index is 458. The van der Waals surface area contributed by atoms with E-state index in [9.17, 15) is 10.2 Å². The van der Waals surface area contributed by atoms with E-state index in [4.69, 9.17) is 11.6 Å². The molecule has 0 saturated heterocycles. The van der Waals surface area contributed by atoms with Crippen LogP contribution in [0.15, 0.2) is 24.3 Å². The van der Waals surface area contributed by atoms with Gasteiger partial charge in [0.1, 0.15) is 19.6 Å². The van der Waals surface area contributed by atoms with Crippen LogP contribution >= 0.6 is 11.6 Å². The summed E-state index contributed by atoms with van der Waals surface area (Å²) in [5.74, 6) is 0. The van der Waals surface area contributed by atoms with Gasteiger partial charge in [0, 0.05) is 10.6 Å². The number of halogens is 1. The summed E-state index contributed by atoms with van der Waals surface area (Å²) in [6, 6.07) is 7.96. The zero-order chi connectivity index (χ0) is 19.8. The molecule has 0 aliphatic rings. The van der Waals surface area contributed by atoms with Crippen molar-refractivity contribution in [2.45, 2.75) is 77.7 Å². The van der Waals surface area contributed by atoms with Crippen molar-refractivity contribution in [3.8, 4) is 0 Å².